The highest BCUT2D eigenvalue weighted by Crippen LogP contribution is 2.18. The molecular formula is C14H13N3O2. The summed E-state index contributed by atoms with van der Waals surface area (Å²) in [6.45, 7) is 1.87. The van der Waals surface area contributed by atoms with E-state index in [9.17, 15) is 9.70 Å². The highest BCUT2D eigenvalue weighted by atomic mass is 16.3. The van der Waals surface area contributed by atoms with E-state index in [0.29, 0.717) is 11.4 Å². The smallest absolute Gasteiger partial charge is 0.306 e. The standard InChI is InChI=1S/C14H13N3O2/c1-11-7-5-6-10-13(11)15-14(18)17(16-19)12-8-3-2-4-9-12/h2-10H,1H3,(H,15,18). The average molecular weight is 255 g/mol. The van der Waals surface area contributed by atoms with Gasteiger partial charge in [0.05, 0.1) is 11.0 Å². The third-order valence-corrected chi connectivity index (χ3v) is 2.66. The van der Waals surface area contributed by atoms with Crippen LogP contribution in [-0.4, -0.2) is 6.03 Å². The maximum absolute atomic E-state index is 12.0. The van der Waals surface area contributed by atoms with Gasteiger partial charge in [0.25, 0.3) is 0 Å². The Morgan fingerprint density at radius 3 is 2.32 bits per heavy atom. The summed E-state index contributed by atoms with van der Waals surface area (Å²) in [6.07, 6.45) is 0. The Hall–Kier alpha value is -2.69. The van der Waals surface area contributed by atoms with E-state index in [0.717, 1.165) is 10.6 Å². The van der Waals surface area contributed by atoms with Crippen LogP contribution in [0.25, 0.3) is 0 Å². The molecule has 1 N–H and O–H groups in total. The highest BCUT2D eigenvalue weighted by Gasteiger charge is 2.16. The van der Waals surface area contributed by atoms with E-state index in [4.69, 9.17) is 0 Å². The van der Waals surface area contributed by atoms with Crippen LogP contribution in [0.15, 0.2) is 59.9 Å². The first-order valence-corrected chi connectivity index (χ1v) is 5.77. The molecule has 0 aliphatic heterocycles. The third-order valence-electron chi connectivity index (χ3n) is 2.66. The predicted octanol–water partition coefficient (Wildman–Crippen LogP) is 3.71. The lowest BCUT2D eigenvalue weighted by Crippen LogP contribution is -2.30. The van der Waals surface area contributed by atoms with Crippen molar-refractivity contribution in [3.8, 4) is 0 Å². The number of amides is 2. The second kappa shape index (κ2) is 5.77. The Kier molecular flexibility index (Phi) is 3.87. The van der Waals surface area contributed by atoms with Gasteiger partial charge in [-0.2, -0.15) is 0 Å². The fourth-order valence-corrected chi connectivity index (χ4v) is 1.65. The number of carbonyl (C=O) groups excluding carboxylic acids is 1. The predicted molar refractivity (Wildman–Crippen MR) is 74.9 cm³/mol. The lowest BCUT2D eigenvalue weighted by Gasteiger charge is -2.15. The number of nitrogens with zero attached hydrogens (tertiary/aromatic N) is 2. The summed E-state index contributed by atoms with van der Waals surface area (Å²) >= 11 is 0. The number of nitrogens with one attached hydrogen (secondary N) is 1. The molecule has 19 heavy (non-hydrogen) atoms. The Bertz CT molecular complexity index is 584. The second-order valence-electron chi connectivity index (χ2n) is 3.97. The molecular weight excluding hydrogens is 242 g/mol. The Balaban J connectivity index is 2.19. The van der Waals surface area contributed by atoms with Gasteiger partial charge in [-0.3, -0.25) is 0 Å². The van der Waals surface area contributed by atoms with E-state index in [-0.39, 0.29) is 0 Å². The van der Waals surface area contributed by atoms with Gasteiger partial charge >= 0.3 is 6.03 Å². The zero-order valence-electron chi connectivity index (χ0n) is 10.4. The van der Waals surface area contributed by atoms with Gasteiger partial charge in [0, 0.05) is 5.69 Å². The van der Waals surface area contributed by atoms with Gasteiger partial charge in [0.15, 0.2) is 0 Å². The first-order chi connectivity index (χ1) is 9.22. The molecule has 0 unspecified atom stereocenters. The number of hydrogen-bond donors (Lipinski definition) is 1. The Labute approximate surface area is 110 Å². The number of carbonyl (C=O) groups is 1. The number of para-hydroxylation sites is 2. The van der Waals surface area contributed by atoms with Gasteiger partial charge in [-0.25, -0.2) is 4.79 Å². The zero-order chi connectivity index (χ0) is 13.7. The molecule has 2 amide bonds. The summed E-state index contributed by atoms with van der Waals surface area (Å²) in [5, 5.41) is 6.19. The molecule has 5 nitrogen and oxygen atoms in total. The van der Waals surface area contributed by atoms with E-state index < -0.39 is 6.03 Å². The molecule has 0 bridgehead atoms. The first-order valence-electron chi connectivity index (χ1n) is 5.77. The van der Waals surface area contributed by atoms with Crippen LogP contribution in [0.2, 0.25) is 0 Å². The van der Waals surface area contributed by atoms with Crippen molar-refractivity contribution in [3.05, 3.63) is 65.1 Å². The van der Waals surface area contributed by atoms with Crippen LogP contribution in [0.5, 0.6) is 0 Å². The first kappa shape index (κ1) is 12.8. The zero-order valence-corrected chi connectivity index (χ0v) is 10.4. The number of nitroso groups, excluding NO2 is 1. The molecule has 0 fully saturated rings. The topological polar surface area (TPSA) is 61.8 Å². The van der Waals surface area contributed by atoms with Gasteiger partial charge in [-0.05, 0) is 30.7 Å². The minimum atomic E-state index is -0.587. The maximum Gasteiger partial charge on any atom is 0.349 e. The van der Waals surface area contributed by atoms with E-state index in [1.807, 2.05) is 25.1 Å². The molecule has 0 aliphatic rings. The normalized spacial score (nSPS) is 9.74. The molecule has 0 heterocycles. The molecule has 0 saturated carbocycles. The van der Waals surface area contributed by atoms with Crippen molar-refractivity contribution in [2.24, 2.45) is 5.29 Å². The van der Waals surface area contributed by atoms with Crippen LogP contribution in [0.4, 0.5) is 16.2 Å². The minimum absolute atomic E-state index is 0.420. The van der Waals surface area contributed by atoms with Crippen molar-refractivity contribution in [2.75, 3.05) is 10.3 Å². The highest BCUT2D eigenvalue weighted by molar-refractivity contribution is 6.01. The minimum Gasteiger partial charge on any atom is -0.306 e. The maximum atomic E-state index is 12.0. The van der Waals surface area contributed by atoms with Crippen LogP contribution < -0.4 is 10.3 Å². The van der Waals surface area contributed by atoms with E-state index >= 15 is 0 Å². The van der Waals surface area contributed by atoms with Gasteiger partial charge < -0.3 is 5.32 Å². The van der Waals surface area contributed by atoms with Crippen molar-refractivity contribution < 1.29 is 4.79 Å². The SMILES string of the molecule is Cc1ccccc1NC(=O)N(N=O)c1ccccc1. The quantitative estimate of drug-likeness (QED) is 0.671. The van der Waals surface area contributed by atoms with Gasteiger partial charge in [0.2, 0.25) is 0 Å². The fraction of sp³-hybridized carbons (Fsp3) is 0.0714. The van der Waals surface area contributed by atoms with Crippen LogP contribution >= 0.6 is 0 Å². The van der Waals surface area contributed by atoms with E-state index in [1.165, 1.54) is 0 Å². The Morgan fingerprint density at radius 2 is 1.68 bits per heavy atom. The molecule has 5 heteroatoms. The lowest BCUT2D eigenvalue weighted by molar-refractivity contribution is 0.257. The molecule has 2 aromatic carbocycles. The molecule has 96 valence electrons. The lowest BCUT2D eigenvalue weighted by atomic mass is 10.2. The second-order valence-corrected chi connectivity index (χ2v) is 3.97. The summed E-state index contributed by atoms with van der Waals surface area (Å²) in [5.74, 6) is 0. The van der Waals surface area contributed by atoms with Crippen LogP contribution in [0, 0.1) is 11.8 Å². The largest absolute Gasteiger partial charge is 0.349 e. The Morgan fingerprint density at radius 1 is 1.05 bits per heavy atom. The molecule has 0 saturated heterocycles. The molecule has 0 aliphatic carbocycles. The summed E-state index contributed by atoms with van der Waals surface area (Å²) in [7, 11) is 0. The molecule has 0 radical (unpaired) electrons. The van der Waals surface area contributed by atoms with E-state index in [2.05, 4.69) is 10.6 Å². The monoisotopic (exact) mass is 255 g/mol. The molecule has 2 rings (SSSR count). The van der Waals surface area contributed by atoms with Crippen LogP contribution in [0.1, 0.15) is 5.56 Å². The molecule has 2 aromatic rings. The van der Waals surface area contributed by atoms with Crippen molar-refractivity contribution in [1.29, 1.82) is 0 Å². The molecule has 0 atom stereocenters. The number of anilines is 2. The van der Waals surface area contributed by atoms with Crippen LogP contribution in [0.3, 0.4) is 0 Å². The van der Waals surface area contributed by atoms with Gasteiger partial charge in [-0.15, -0.1) is 9.92 Å². The van der Waals surface area contributed by atoms with Crippen LogP contribution in [-0.2, 0) is 0 Å². The average Bonchev–Trinajstić information content (AvgIpc) is 2.43. The number of aryl methyl sites for hydroxylation is 1. The van der Waals surface area contributed by atoms with E-state index in [1.54, 1.807) is 36.4 Å². The van der Waals surface area contributed by atoms with Crippen molar-refractivity contribution in [1.82, 2.24) is 0 Å². The van der Waals surface area contributed by atoms with Crippen molar-refractivity contribution in [2.45, 2.75) is 6.92 Å². The number of benzene rings is 2. The number of hydrogen-bond acceptors (Lipinski definition) is 3. The number of urea groups is 1. The summed E-state index contributed by atoms with van der Waals surface area (Å²) in [6, 6.07) is 15.3. The molecule has 0 spiro atoms. The van der Waals surface area contributed by atoms with Crippen molar-refractivity contribution in [3.63, 3.8) is 0 Å². The van der Waals surface area contributed by atoms with Gasteiger partial charge in [-0.1, -0.05) is 36.4 Å². The fourth-order valence-electron chi connectivity index (χ4n) is 1.65. The summed E-state index contributed by atoms with van der Waals surface area (Å²) in [4.78, 5) is 22.9. The van der Waals surface area contributed by atoms with Gasteiger partial charge in [0.1, 0.15) is 0 Å². The molecule has 0 aromatic heterocycles. The summed E-state index contributed by atoms with van der Waals surface area (Å²) in [5.41, 5.74) is 1.98. The summed E-state index contributed by atoms with van der Waals surface area (Å²) < 4.78 is 0. The third kappa shape index (κ3) is 2.95. The van der Waals surface area contributed by atoms with Crippen molar-refractivity contribution >= 4 is 17.4 Å². The number of rotatable bonds is 3.